The van der Waals surface area contributed by atoms with Gasteiger partial charge < -0.3 is 24.6 Å². The van der Waals surface area contributed by atoms with Gasteiger partial charge in [-0.1, -0.05) is 26.0 Å². The summed E-state index contributed by atoms with van der Waals surface area (Å²) in [7, 11) is 2.16. The second kappa shape index (κ2) is 10.7. The molecule has 0 bridgehead atoms. The van der Waals surface area contributed by atoms with Gasteiger partial charge in [-0.05, 0) is 84.7 Å². The summed E-state index contributed by atoms with van der Waals surface area (Å²) in [5.41, 5.74) is 4.77. The number of phenols is 2. The van der Waals surface area contributed by atoms with Crippen molar-refractivity contribution in [2.24, 2.45) is 0 Å². The minimum absolute atomic E-state index is 0.0604. The van der Waals surface area contributed by atoms with Crippen LogP contribution in [0.3, 0.4) is 0 Å². The second-order valence-corrected chi connectivity index (χ2v) is 12.2. The number of hydrogen-bond acceptors (Lipinski definition) is 6. The normalized spacial score (nSPS) is 23.4. The zero-order valence-electron chi connectivity index (χ0n) is 21.8. The zero-order valence-corrected chi connectivity index (χ0v) is 23.4. The molecule has 0 saturated heterocycles. The van der Waals surface area contributed by atoms with Gasteiger partial charge in [0.1, 0.15) is 24.7 Å². The van der Waals surface area contributed by atoms with Gasteiger partial charge in [0.25, 0.3) is 0 Å². The van der Waals surface area contributed by atoms with Crippen molar-refractivity contribution in [3.8, 4) is 23.0 Å². The molecule has 0 amide bonds. The van der Waals surface area contributed by atoms with Gasteiger partial charge in [0.05, 0.1) is 10.4 Å². The average Bonchev–Trinajstić information content (AvgIpc) is 3.33. The first-order valence-electron chi connectivity index (χ1n) is 13.3. The number of aromatic hydroxyl groups is 2. The maximum Gasteiger partial charge on any atom is 0.161 e. The molecule has 7 heteroatoms. The minimum atomic E-state index is -0.0604. The van der Waals surface area contributed by atoms with E-state index >= 15 is 0 Å². The lowest BCUT2D eigenvalue weighted by Gasteiger charge is -2.49. The fourth-order valence-corrected chi connectivity index (χ4v) is 7.28. The Kier molecular flexibility index (Phi) is 7.60. The van der Waals surface area contributed by atoms with Crippen molar-refractivity contribution in [3.63, 3.8) is 0 Å². The molecule has 2 N–H and O–H groups in total. The summed E-state index contributed by atoms with van der Waals surface area (Å²) in [6, 6.07) is 9.58. The third-order valence-electron chi connectivity index (χ3n) is 8.20. The highest BCUT2D eigenvalue weighted by Gasteiger charge is 2.40. The molecule has 0 aromatic heterocycles. The number of rotatable bonds is 7. The van der Waals surface area contributed by atoms with E-state index < -0.39 is 0 Å². The largest absolute Gasteiger partial charge is 0.508 e. The lowest BCUT2D eigenvalue weighted by molar-refractivity contribution is 0.150. The molecule has 2 aromatic carbocycles. The Bertz CT molecular complexity index is 1240. The Morgan fingerprint density at radius 3 is 2.57 bits per heavy atom. The summed E-state index contributed by atoms with van der Waals surface area (Å²) < 4.78 is 11.8. The number of alkyl halides is 1. The first-order chi connectivity index (χ1) is 17.8. The van der Waals surface area contributed by atoms with Crippen molar-refractivity contribution in [1.82, 2.24) is 4.90 Å². The van der Waals surface area contributed by atoms with E-state index in [2.05, 4.69) is 37.1 Å². The molecule has 3 aliphatic heterocycles. The standard InChI is InChI=1S/C30H36ClNO4S/c1-4-19-16-23(25(34)18-24(19)33)29-22(20-6-8-26-27(17-20)36-15-14-35-26)11-13-30(5-2,32(29)3)12-10-21-7-9-28(31)37-21/h6-8,16-18,28,33-34H,4-5,9-15H2,1-3H3/t28-,30+/m1/s1. The molecule has 3 heterocycles. The fraction of sp³-hybridized carbons (Fsp3) is 0.467. The molecule has 198 valence electrons. The molecule has 0 spiro atoms. The number of phenolic OH excluding ortho intramolecular Hbond substituents is 2. The van der Waals surface area contributed by atoms with Crippen molar-refractivity contribution in [2.75, 3.05) is 20.3 Å². The number of ether oxygens (including phenoxy) is 2. The summed E-state index contributed by atoms with van der Waals surface area (Å²) in [4.78, 5) is 3.78. The number of allylic oxidation sites excluding steroid dienone is 3. The van der Waals surface area contributed by atoms with Crippen LogP contribution >= 0.6 is 23.4 Å². The summed E-state index contributed by atoms with van der Waals surface area (Å²) in [6.07, 6.45) is 8.78. The first kappa shape index (κ1) is 26.2. The molecule has 0 radical (unpaired) electrons. The van der Waals surface area contributed by atoms with E-state index in [-0.39, 0.29) is 21.7 Å². The highest BCUT2D eigenvalue weighted by atomic mass is 35.5. The van der Waals surface area contributed by atoms with E-state index in [4.69, 9.17) is 21.1 Å². The molecule has 2 aromatic rings. The van der Waals surface area contributed by atoms with E-state index in [0.29, 0.717) is 19.6 Å². The van der Waals surface area contributed by atoms with Crippen LogP contribution in [0.25, 0.3) is 11.3 Å². The van der Waals surface area contributed by atoms with Gasteiger partial charge in [-0.15, -0.1) is 23.4 Å². The zero-order chi connectivity index (χ0) is 26.2. The first-order valence-corrected chi connectivity index (χ1v) is 14.6. The monoisotopic (exact) mass is 541 g/mol. The molecule has 3 aliphatic rings. The average molecular weight is 542 g/mol. The predicted molar refractivity (Wildman–Crippen MR) is 153 cm³/mol. The molecular formula is C30H36ClNO4S. The van der Waals surface area contributed by atoms with Crippen LogP contribution in [0.1, 0.15) is 69.1 Å². The van der Waals surface area contributed by atoms with Crippen LogP contribution in [-0.4, -0.2) is 45.6 Å². The van der Waals surface area contributed by atoms with Gasteiger partial charge in [0.2, 0.25) is 0 Å². The van der Waals surface area contributed by atoms with Crippen molar-refractivity contribution in [1.29, 1.82) is 0 Å². The van der Waals surface area contributed by atoms with E-state index in [9.17, 15) is 10.2 Å². The predicted octanol–water partition coefficient (Wildman–Crippen LogP) is 7.54. The number of benzene rings is 2. The minimum Gasteiger partial charge on any atom is -0.508 e. The van der Waals surface area contributed by atoms with Crippen LogP contribution in [0.4, 0.5) is 0 Å². The summed E-state index contributed by atoms with van der Waals surface area (Å²) in [5.74, 6) is 1.75. The number of aryl methyl sites for hydroxylation is 1. The topological polar surface area (TPSA) is 62.2 Å². The fourth-order valence-electron chi connectivity index (χ4n) is 5.92. The molecule has 0 unspecified atom stereocenters. The van der Waals surface area contributed by atoms with Crippen LogP contribution in [-0.2, 0) is 6.42 Å². The Hall–Kier alpha value is -2.44. The van der Waals surface area contributed by atoms with Gasteiger partial charge in [-0.25, -0.2) is 0 Å². The number of fused-ring (bicyclic) bond motifs is 1. The molecule has 0 fully saturated rings. The quantitative estimate of drug-likeness (QED) is 0.353. The Morgan fingerprint density at radius 1 is 1.08 bits per heavy atom. The maximum atomic E-state index is 11.1. The van der Waals surface area contributed by atoms with Gasteiger partial charge in [0.15, 0.2) is 11.5 Å². The van der Waals surface area contributed by atoms with Crippen molar-refractivity contribution < 1.29 is 19.7 Å². The van der Waals surface area contributed by atoms with E-state index in [1.54, 1.807) is 11.8 Å². The molecular weight excluding hydrogens is 506 g/mol. The number of halogens is 1. The van der Waals surface area contributed by atoms with Crippen LogP contribution in [0, 0.1) is 0 Å². The third-order valence-corrected chi connectivity index (χ3v) is 9.77. The maximum absolute atomic E-state index is 11.1. The summed E-state index contributed by atoms with van der Waals surface area (Å²) in [5, 5.41) is 21.6. The van der Waals surface area contributed by atoms with Crippen LogP contribution in [0.5, 0.6) is 23.0 Å². The smallest absolute Gasteiger partial charge is 0.161 e. The Labute approximate surface area is 229 Å². The second-order valence-electron chi connectivity index (χ2n) is 10.1. The van der Waals surface area contributed by atoms with E-state index in [1.807, 2.05) is 19.1 Å². The van der Waals surface area contributed by atoms with E-state index in [1.165, 1.54) is 16.5 Å². The molecule has 5 nitrogen and oxygen atoms in total. The molecule has 0 aliphatic carbocycles. The molecule has 2 atom stereocenters. The lowest BCUT2D eigenvalue weighted by Crippen LogP contribution is -2.47. The van der Waals surface area contributed by atoms with Crippen molar-refractivity contribution in [2.45, 2.75) is 69.0 Å². The Morgan fingerprint density at radius 2 is 1.86 bits per heavy atom. The number of hydrogen-bond donors (Lipinski definition) is 2. The van der Waals surface area contributed by atoms with E-state index in [0.717, 1.165) is 72.4 Å². The Balaban J connectivity index is 1.61. The molecule has 0 saturated carbocycles. The van der Waals surface area contributed by atoms with Crippen LogP contribution in [0.15, 0.2) is 41.3 Å². The van der Waals surface area contributed by atoms with Gasteiger partial charge >= 0.3 is 0 Å². The van der Waals surface area contributed by atoms with Crippen LogP contribution in [0.2, 0.25) is 0 Å². The highest BCUT2D eigenvalue weighted by Crippen LogP contribution is 2.50. The van der Waals surface area contributed by atoms with Crippen molar-refractivity contribution in [3.05, 3.63) is 58.0 Å². The number of thioether (sulfide) groups is 1. The molecule has 5 rings (SSSR count). The van der Waals surface area contributed by atoms with Gasteiger partial charge in [0, 0.05) is 24.2 Å². The summed E-state index contributed by atoms with van der Waals surface area (Å²) >= 11 is 8.13. The lowest BCUT2D eigenvalue weighted by atomic mass is 9.76. The highest BCUT2D eigenvalue weighted by molar-refractivity contribution is 8.05. The SMILES string of the molecule is CCc1cc(C2=C(c3ccc4c(c3)OCCO4)CC[C@](CC)(CCC3=CC[C@H](Cl)S3)N2C)c(O)cc1O. The third kappa shape index (κ3) is 5.03. The summed E-state index contributed by atoms with van der Waals surface area (Å²) in [6.45, 7) is 5.38. The van der Waals surface area contributed by atoms with Crippen molar-refractivity contribution >= 4 is 34.6 Å². The molecule has 37 heavy (non-hydrogen) atoms. The van der Waals surface area contributed by atoms with Crippen LogP contribution < -0.4 is 9.47 Å². The van der Waals surface area contributed by atoms with Gasteiger partial charge in [-0.2, -0.15) is 0 Å². The number of nitrogens with zero attached hydrogens (tertiary/aromatic N) is 1. The van der Waals surface area contributed by atoms with Gasteiger partial charge in [-0.3, -0.25) is 0 Å².